The van der Waals surface area contributed by atoms with Crippen molar-refractivity contribution in [3.8, 4) is 0 Å². The smallest absolute Gasteiger partial charge is 0.311 e. The van der Waals surface area contributed by atoms with E-state index < -0.39 is 17.3 Å². The monoisotopic (exact) mass is 243 g/mol. The maximum atomic E-state index is 11.5. The van der Waals surface area contributed by atoms with Gasteiger partial charge in [0.1, 0.15) is 0 Å². The summed E-state index contributed by atoms with van der Waals surface area (Å²) in [6, 6.07) is 0. The van der Waals surface area contributed by atoms with Crippen molar-refractivity contribution in [1.82, 2.24) is 14.9 Å². The average molecular weight is 243 g/mol. The zero-order valence-corrected chi connectivity index (χ0v) is 9.87. The van der Waals surface area contributed by atoms with Gasteiger partial charge < -0.3 is 10.4 Å². The highest BCUT2D eigenvalue weighted by Crippen LogP contribution is 2.19. The SMILES string of the molecule is CCC(C)(CNC(=O)c1csnn1)C(=O)O. The van der Waals surface area contributed by atoms with Gasteiger partial charge in [-0.15, -0.1) is 5.10 Å². The molecule has 1 aromatic heterocycles. The molecule has 0 saturated carbocycles. The summed E-state index contributed by atoms with van der Waals surface area (Å²) in [5.41, 5.74) is -0.729. The molecule has 0 aliphatic heterocycles. The van der Waals surface area contributed by atoms with Crippen LogP contribution in [0.4, 0.5) is 0 Å². The van der Waals surface area contributed by atoms with Crippen molar-refractivity contribution in [3.05, 3.63) is 11.1 Å². The molecule has 0 radical (unpaired) electrons. The van der Waals surface area contributed by atoms with E-state index in [4.69, 9.17) is 5.11 Å². The van der Waals surface area contributed by atoms with E-state index in [1.165, 1.54) is 5.38 Å². The summed E-state index contributed by atoms with van der Waals surface area (Å²) >= 11 is 1.08. The van der Waals surface area contributed by atoms with Crippen LogP contribution in [0, 0.1) is 5.41 Å². The number of carbonyl (C=O) groups is 2. The lowest BCUT2D eigenvalue weighted by Gasteiger charge is -2.22. The van der Waals surface area contributed by atoms with E-state index in [9.17, 15) is 9.59 Å². The topological polar surface area (TPSA) is 92.2 Å². The van der Waals surface area contributed by atoms with Crippen LogP contribution in [0.15, 0.2) is 5.38 Å². The average Bonchev–Trinajstić information content (AvgIpc) is 2.78. The Labute approximate surface area is 96.8 Å². The summed E-state index contributed by atoms with van der Waals surface area (Å²) in [5, 5.41) is 16.7. The van der Waals surface area contributed by atoms with Crippen molar-refractivity contribution in [2.24, 2.45) is 5.41 Å². The summed E-state index contributed by atoms with van der Waals surface area (Å²) in [4.78, 5) is 22.5. The minimum absolute atomic E-state index is 0.0786. The second-order valence-electron chi connectivity index (χ2n) is 3.69. The fraction of sp³-hybridized carbons (Fsp3) is 0.556. The van der Waals surface area contributed by atoms with Crippen molar-refractivity contribution in [1.29, 1.82) is 0 Å². The third kappa shape index (κ3) is 2.75. The fourth-order valence-corrected chi connectivity index (χ4v) is 1.42. The van der Waals surface area contributed by atoms with E-state index in [1.807, 2.05) is 0 Å². The molecule has 0 aromatic carbocycles. The van der Waals surface area contributed by atoms with Crippen molar-refractivity contribution in [2.45, 2.75) is 20.3 Å². The summed E-state index contributed by atoms with van der Waals surface area (Å²) in [6.07, 6.45) is 0.442. The molecule has 7 heteroatoms. The Morgan fingerprint density at radius 2 is 2.31 bits per heavy atom. The molecule has 1 heterocycles. The van der Waals surface area contributed by atoms with Gasteiger partial charge in [-0.3, -0.25) is 9.59 Å². The normalized spacial score (nSPS) is 14.1. The van der Waals surface area contributed by atoms with E-state index in [2.05, 4.69) is 14.9 Å². The summed E-state index contributed by atoms with van der Waals surface area (Å²) < 4.78 is 3.56. The first kappa shape index (κ1) is 12.6. The number of rotatable bonds is 5. The van der Waals surface area contributed by atoms with Gasteiger partial charge in [0.15, 0.2) is 5.69 Å². The van der Waals surface area contributed by atoms with Gasteiger partial charge in [-0.1, -0.05) is 11.4 Å². The molecule has 1 amide bonds. The summed E-state index contributed by atoms with van der Waals surface area (Å²) in [5.74, 6) is -1.32. The Morgan fingerprint density at radius 1 is 1.62 bits per heavy atom. The first-order chi connectivity index (χ1) is 7.49. The first-order valence-corrected chi connectivity index (χ1v) is 5.62. The molecule has 0 bridgehead atoms. The molecular formula is C9H13N3O3S. The number of nitrogens with one attached hydrogen (secondary N) is 1. The van der Waals surface area contributed by atoms with E-state index >= 15 is 0 Å². The van der Waals surface area contributed by atoms with Crippen molar-refractivity contribution in [2.75, 3.05) is 6.54 Å². The number of carboxylic acid groups (broad SMARTS) is 1. The lowest BCUT2D eigenvalue weighted by atomic mass is 9.88. The van der Waals surface area contributed by atoms with Gasteiger partial charge in [0.25, 0.3) is 5.91 Å². The molecular weight excluding hydrogens is 230 g/mol. The highest BCUT2D eigenvalue weighted by Gasteiger charge is 2.31. The number of nitrogens with zero attached hydrogens (tertiary/aromatic N) is 2. The fourth-order valence-electron chi connectivity index (χ4n) is 0.981. The molecule has 1 aromatic rings. The molecule has 0 fully saturated rings. The predicted octanol–water partition coefficient (Wildman–Crippen LogP) is 0.769. The van der Waals surface area contributed by atoms with E-state index in [0.717, 1.165) is 11.5 Å². The van der Waals surface area contributed by atoms with Crippen LogP contribution in [0.2, 0.25) is 0 Å². The minimum Gasteiger partial charge on any atom is -0.481 e. The molecule has 1 unspecified atom stereocenters. The quantitative estimate of drug-likeness (QED) is 0.796. The Kier molecular flexibility index (Phi) is 3.94. The first-order valence-electron chi connectivity index (χ1n) is 4.78. The number of hydrogen-bond acceptors (Lipinski definition) is 5. The Bertz CT molecular complexity index is 379. The highest BCUT2D eigenvalue weighted by atomic mass is 32.1. The van der Waals surface area contributed by atoms with Crippen LogP contribution in [0.1, 0.15) is 30.8 Å². The van der Waals surface area contributed by atoms with Gasteiger partial charge in [-0.2, -0.15) is 0 Å². The molecule has 2 N–H and O–H groups in total. The van der Waals surface area contributed by atoms with Crippen LogP contribution in [0.25, 0.3) is 0 Å². The number of amides is 1. The second-order valence-corrected chi connectivity index (χ2v) is 4.30. The number of aliphatic carboxylic acids is 1. The highest BCUT2D eigenvalue weighted by molar-refractivity contribution is 7.03. The number of carboxylic acids is 1. The maximum Gasteiger partial charge on any atom is 0.311 e. The van der Waals surface area contributed by atoms with E-state index in [-0.39, 0.29) is 12.2 Å². The maximum absolute atomic E-state index is 11.5. The third-order valence-electron chi connectivity index (χ3n) is 2.53. The Balaban J connectivity index is 2.57. The molecule has 16 heavy (non-hydrogen) atoms. The molecule has 6 nitrogen and oxygen atoms in total. The molecule has 1 rings (SSSR count). The zero-order valence-electron chi connectivity index (χ0n) is 9.06. The lowest BCUT2D eigenvalue weighted by Crippen LogP contribution is -2.40. The van der Waals surface area contributed by atoms with Gasteiger partial charge in [-0.05, 0) is 24.9 Å². The Morgan fingerprint density at radius 3 is 2.75 bits per heavy atom. The molecule has 1 atom stereocenters. The number of aromatic nitrogens is 2. The van der Waals surface area contributed by atoms with Gasteiger partial charge in [-0.25, -0.2) is 0 Å². The standard InChI is InChI=1S/C9H13N3O3S/c1-3-9(2,8(14)15)5-10-7(13)6-4-16-12-11-6/h4H,3,5H2,1-2H3,(H,10,13)(H,14,15). The zero-order chi connectivity index (χ0) is 12.2. The lowest BCUT2D eigenvalue weighted by molar-refractivity contribution is -0.147. The molecule has 0 aliphatic rings. The number of carbonyl (C=O) groups excluding carboxylic acids is 1. The minimum atomic E-state index is -0.945. The van der Waals surface area contributed by atoms with Gasteiger partial charge >= 0.3 is 5.97 Å². The van der Waals surface area contributed by atoms with Crippen LogP contribution in [-0.4, -0.2) is 33.1 Å². The van der Waals surface area contributed by atoms with Gasteiger partial charge in [0, 0.05) is 11.9 Å². The van der Waals surface area contributed by atoms with Crippen molar-refractivity contribution >= 4 is 23.4 Å². The number of hydrogen-bond donors (Lipinski definition) is 2. The second kappa shape index (κ2) is 5.02. The van der Waals surface area contributed by atoms with Gasteiger partial charge in [0.2, 0.25) is 0 Å². The molecule has 0 aliphatic carbocycles. The molecule has 0 saturated heterocycles. The van der Waals surface area contributed by atoms with Crippen LogP contribution >= 0.6 is 11.5 Å². The van der Waals surface area contributed by atoms with Crippen LogP contribution in [0.5, 0.6) is 0 Å². The van der Waals surface area contributed by atoms with Crippen molar-refractivity contribution in [3.63, 3.8) is 0 Å². The summed E-state index contributed by atoms with van der Waals surface area (Å²) in [7, 11) is 0. The van der Waals surface area contributed by atoms with Crippen LogP contribution < -0.4 is 5.32 Å². The van der Waals surface area contributed by atoms with Gasteiger partial charge in [0.05, 0.1) is 5.41 Å². The third-order valence-corrected chi connectivity index (χ3v) is 3.03. The predicted molar refractivity (Wildman–Crippen MR) is 58.3 cm³/mol. The largest absolute Gasteiger partial charge is 0.481 e. The van der Waals surface area contributed by atoms with Crippen LogP contribution in [-0.2, 0) is 4.79 Å². The molecule has 0 spiro atoms. The summed E-state index contributed by atoms with van der Waals surface area (Å²) in [6.45, 7) is 3.44. The van der Waals surface area contributed by atoms with Crippen LogP contribution in [0.3, 0.4) is 0 Å². The van der Waals surface area contributed by atoms with E-state index in [1.54, 1.807) is 13.8 Å². The van der Waals surface area contributed by atoms with Crippen molar-refractivity contribution < 1.29 is 14.7 Å². The van der Waals surface area contributed by atoms with E-state index in [0.29, 0.717) is 6.42 Å². The Hall–Kier alpha value is -1.50. The molecule has 88 valence electrons.